The van der Waals surface area contributed by atoms with Gasteiger partial charge in [0.1, 0.15) is 5.60 Å². The second-order valence-corrected chi connectivity index (χ2v) is 5.04. The summed E-state index contributed by atoms with van der Waals surface area (Å²) in [6.07, 6.45) is 3.44. The molecule has 1 aromatic heterocycles. The van der Waals surface area contributed by atoms with Crippen LogP contribution in [0.4, 0.5) is 0 Å². The van der Waals surface area contributed by atoms with E-state index in [0.717, 1.165) is 13.0 Å². The van der Waals surface area contributed by atoms with Crippen LogP contribution in [0.1, 0.15) is 45.7 Å². The van der Waals surface area contributed by atoms with Crippen molar-refractivity contribution in [3.05, 3.63) is 36.0 Å². The molecule has 18 heavy (non-hydrogen) atoms. The van der Waals surface area contributed by atoms with Crippen LogP contribution in [0.5, 0.6) is 0 Å². The van der Waals surface area contributed by atoms with Gasteiger partial charge in [0.15, 0.2) is 0 Å². The lowest BCUT2D eigenvalue weighted by Crippen LogP contribution is -2.26. The standard InChI is InChI=1S/C16H23NO/c1-4-6-11-16(3,18-5-2)15-12-13-9-7-8-10-14(13)17-15/h7-10,12,17H,4-6,11H2,1-3H3. The van der Waals surface area contributed by atoms with Gasteiger partial charge < -0.3 is 9.72 Å². The maximum Gasteiger partial charge on any atom is 0.105 e. The number of rotatable bonds is 6. The van der Waals surface area contributed by atoms with Crippen LogP contribution < -0.4 is 0 Å². The molecule has 0 bridgehead atoms. The van der Waals surface area contributed by atoms with Crippen LogP contribution in [-0.2, 0) is 10.3 Å². The van der Waals surface area contributed by atoms with Gasteiger partial charge >= 0.3 is 0 Å². The summed E-state index contributed by atoms with van der Waals surface area (Å²) >= 11 is 0. The molecule has 1 N–H and O–H groups in total. The number of fused-ring (bicyclic) bond motifs is 1. The third-order valence-corrected chi connectivity index (χ3v) is 3.57. The van der Waals surface area contributed by atoms with Gasteiger partial charge in [-0.1, -0.05) is 38.0 Å². The first-order chi connectivity index (χ1) is 8.69. The molecule has 0 saturated heterocycles. The van der Waals surface area contributed by atoms with Crippen molar-refractivity contribution in [3.63, 3.8) is 0 Å². The number of nitrogens with one attached hydrogen (secondary N) is 1. The molecule has 0 saturated carbocycles. The molecule has 1 heterocycles. The zero-order valence-electron chi connectivity index (χ0n) is 11.6. The Bertz CT molecular complexity index is 470. The molecule has 2 aromatic rings. The van der Waals surface area contributed by atoms with Crippen molar-refractivity contribution in [1.82, 2.24) is 4.98 Å². The van der Waals surface area contributed by atoms with E-state index >= 15 is 0 Å². The Labute approximate surface area is 109 Å². The van der Waals surface area contributed by atoms with Crippen molar-refractivity contribution in [3.8, 4) is 0 Å². The Morgan fingerprint density at radius 3 is 2.67 bits per heavy atom. The molecule has 1 unspecified atom stereocenters. The molecule has 2 nitrogen and oxygen atoms in total. The third-order valence-electron chi connectivity index (χ3n) is 3.57. The molecule has 0 fully saturated rings. The number of benzene rings is 1. The lowest BCUT2D eigenvalue weighted by molar-refractivity contribution is -0.0400. The van der Waals surface area contributed by atoms with Gasteiger partial charge in [-0.15, -0.1) is 0 Å². The highest BCUT2D eigenvalue weighted by molar-refractivity contribution is 5.80. The Balaban J connectivity index is 2.34. The predicted molar refractivity (Wildman–Crippen MR) is 76.8 cm³/mol. The fraction of sp³-hybridized carbons (Fsp3) is 0.500. The number of aromatic nitrogens is 1. The molecule has 0 amide bonds. The van der Waals surface area contributed by atoms with E-state index < -0.39 is 0 Å². The molecule has 1 aromatic carbocycles. The van der Waals surface area contributed by atoms with Crippen molar-refractivity contribution < 1.29 is 4.74 Å². The minimum atomic E-state index is -0.191. The van der Waals surface area contributed by atoms with E-state index in [1.807, 2.05) is 0 Å². The lowest BCUT2D eigenvalue weighted by Gasteiger charge is -2.28. The second-order valence-electron chi connectivity index (χ2n) is 5.04. The summed E-state index contributed by atoms with van der Waals surface area (Å²) in [5.74, 6) is 0. The quantitative estimate of drug-likeness (QED) is 0.789. The van der Waals surface area contributed by atoms with Crippen LogP contribution in [0.25, 0.3) is 10.9 Å². The second kappa shape index (κ2) is 5.57. The fourth-order valence-corrected chi connectivity index (χ4v) is 2.48. The summed E-state index contributed by atoms with van der Waals surface area (Å²) in [6, 6.07) is 10.6. The number of hydrogen-bond acceptors (Lipinski definition) is 1. The molecule has 2 heteroatoms. The highest BCUT2D eigenvalue weighted by Crippen LogP contribution is 2.32. The van der Waals surface area contributed by atoms with Gasteiger partial charge in [-0.2, -0.15) is 0 Å². The Morgan fingerprint density at radius 2 is 2.00 bits per heavy atom. The molecule has 0 radical (unpaired) electrons. The molecule has 98 valence electrons. The molecule has 0 aliphatic rings. The van der Waals surface area contributed by atoms with Crippen LogP contribution in [-0.4, -0.2) is 11.6 Å². The predicted octanol–water partition coefficient (Wildman–Crippen LogP) is 4.61. The average molecular weight is 245 g/mol. The first kappa shape index (κ1) is 13.2. The topological polar surface area (TPSA) is 25.0 Å². The van der Waals surface area contributed by atoms with E-state index in [-0.39, 0.29) is 5.60 Å². The molecule has 0 aliphatic heterocycles. The fourth-order valence-electron chi connectivity index (χ4n) is 2.48. The summed E-state index contributed by atoms with van der Waals surface area (Å²) < 4.78 is 6.02. The van der Waals surface area contributed by atoms with Gasteiger partial charge in [-0.05, 0) is 37.8 Å². The molecule has 0 spiro atoms. The molecule has 0 aliphatic carbocycles. The summed E-state index contributed by atoms with van der Waals surface area (Å²) in [6.45, 7) is 7.22. The Morgan fingerprint density at radius 1 is 1.22 bits per heavy atom. The average Bonchev–Trinajstić information content (AvgIpc) is 2.81. The van der Waals surface area contributed by atoms with Crippen LogP contribution in [0.2, 0.25) is 0 Å². The lowest BCUT2D eigenvalue weighted by atomic mass is 9.95. The molecular weight excluding hydrogens is 222 g/mol. The van der Waals surface area contributed by atoms with Gasteiger partial charge in [0.2, 0.25) is 0 Å². The van der Waals surface area contributed by atoms with E-state index in [2.05, 4.69) is 56.1 Å². The van der Waals surface area contributed by atoms with Crippen LogP contribution >= 0.6 is 0 Å². The van der Waals surface area contributed by atoms with E-state index in [9.17, 15) is 0 Å². The van der Waals surface area contributed by atoms with E-state index in [0.29, 0.717) is 0 Å². The van der Waals surface area contributed by atoms with Crippen LogP contribution in [0.3, 0.4) is 0 Å². The minimum absolute atomic E-state index is 0.191. The van der Waals surface area contributed by atoms with Crippen molar-refractivity contribution in [1.29, 1.82) is 0 Å². The van der Waals surface area contributed by atoms with Gasteiger partial charge in [0.05, 0.1) is 0 Å². The highest BCUT2D eigenvalue weighted by Gasteiger charge is 2.28. The zero-order valence-corrected chi connectivity index (χ0v) is 11.6. The smallest absolute Gasteiger partial charge is 0.105 e. The molecular formula is C16H23NO. The summed E-state index contributed by atoms with van der Waals surface area (Å²) in [5, 5.41) is 1.26. The maximum absolute atomic E-state index is 6.02. The normalized spacial score (nSPS) is 14.8. The number of ether oxygens (including phenoxy) is 1. The van der Waals surface area contributed by atoms with Crippen LogP contribution in [0, 0.1) is 0 Å². The van der Waals surface area contributed by atoms with Gasteiger partial charge in [0, 0.05) is 17.8 Å². The summed E-state index contributed by atoms with van der Waals surface area (Å²) in [4.78, 5) is 3.50. The third kappa shape index (κ3) is 2.59. The number of aromatic amines is 1. The number of unbranched alkanes of at least 4 members (excludes halogenated alkanes) is 1. The SMILES string of the molecule is CCCCC(C)(OCC)c1cc2ccccc2[nH]1. The first-order valence-corrected chi connectivity index (χ1v) is 6.92. The Hall–Kier alpha value is -1.28. The van der Waals surface area contributed by atoms with Crippen molar-refractivity contribution in [2.75, 3.05) is 6.61 Å². The molecule has 2 rings (SSSR count). The van der Waals surface area contributed by atoms with Gasteiger partial charge in [0.25, 0.3) is 0 Å². The Kier molecular flexibility index (Phi) is 4.07. The monoisotopic (exact) mass is 245 g/mol. The number of H-pyrrole nitrogens is 1. The largest absolute Gasteiger partial charge is 0.369 e. The minimum Gasteiger partial charge on any atom is -0.369 e. The number of hydrogen-bond donors (Lipinski definition) is 1. The maximum atomic E-state index is 6.02. The summed E-state index contributed by atoms with van der Waals surface area (Å²) in [7, 11) is 0. The van der Waals surface area contributed by atoms with E-state index in [1.165, 1.54) is 29.4 Å². The number of para-hydroxylation sites is 1. The van der Waals surface area contributed by atoms with E-state index in [4.69, 9.17) is 4.74 Å². The van der Waals surface area contributed by atoms with Crippen molar-refractivity contribution >= 4 is 10.9 Å². The van der Waals surface area contributed by atoms with Gasteiger partial charge in [-0.3, -0.25) is 0 Å². The van der Waals surface area contributed by atoms with Crippen molar-refractivity contribution in [2.24, 2.45) is 0 Å². The van der Waals surface area contributed by atoms with Crippen LogP contribution in [0.15, 0.2) is 30.3 Å². The first-order valence-electron chi connectivity index (χ1n) is 6.92. The summed E-state index contributed by atoms with van der Waals surface area (Å²) in [5.41, 5.74) is 2.19. The highest BCUT2D eigenvalue weighted by atomic mass is 16.5. The van der Waals surface area contributed by atoms with Gasteiger partial charge in [-0.25, -0.2) is 0 Å². The zero-order chi connectivity index (χ0) is 13.0. The van der Waals surface area contributed by atoms with E-state index in [1.54, 1.807) is 0 Å². The molecule has 1 atom stereocenters. The van der Waals surface area contributed by atoms with Crippen molar-refractivity contribution in [2.45, 2.75) is 45.6 Å².